The number of benzene rings is 1. The van der Waals surface area contributed by atoms with Crippen LogP contribution in [0.1, 0.15) is 23.2 Å². The number of amides is 1. The van der Waals surface area contributed by atoms with Gasteiger partial charge in [0.25, 0.3) is 11.6 Å². The number of carbonyl (C=O) groups excluding carboxylic acids is 1. The van der Waals surface area contributed by atoms with E-state index in [-0.39, 0.29) is 29.4 Å². The van der Waals surface area contributed by atoms with Gasteiger partial charge in [0.1, 0.15) is 5.69 Å². The summed E-state index contributed by atoms with van der Waals surface area (Å²) < 4.78 is 0. The van der Waals surface area contributed by atoms with E-state index in [1.54, 1.807) is 0 Å². The van der Waals surface area contributed by atoms with Crippen LogP contribution in [-0.2, 0) is 0 Å². The number of nitro benzene ring substituents is 1. The molecule has 0 aromatic heterocycles. The maximum atomic E-state index is 12.3. The Hall–Kier alpha value is -2.15. The summed E-state index contributed by atoms with van der Waals surface area (Å²) in [5.41, 5.74) is 5.39. The first-order valence-electron chi connectivity index (χ1n) is 6.01. The van der Waals surface area contributed by atoms with Gasteiger partial charge >= 0.3 is 0 Å². The van der Waals surface area contributed by atoms with Gasteiger partial charge < -0.3 is 15.7 Å². The van der Waals surface area contributed by atoms with Crippen molar-refractivity contribution < 1.29 is 14.8 Å². The van der Waals surface area contributed by atoms with Crippen LogP contribution in [-0.4, -0.2) is 40.0 Å². The number of aliphatic hydroxyl groups is 1. The van der Waals surface area contributed by atoms with Gasteiger partial charge in [-0.2, -0.15) is 0 Å². The summed E-state index contributed by atoms with van der Waals surface area (Å²) in [6.45, 7) is 0.763. The predicted molar refractivity (Wildman–Crippen MR) is 68.7 cm³/mol. The first kappa shape index (κ1) is 13.3. The third kappa shape index (κ3) is 2.65. The van der Waals surface area contributed by atoms with Gasteiger partial charge in [0, 0.05) is 19.2 Å². The van der Waals surface area contributed by atoms with E-state index in [1.807, 2.05) is 0 Å². The topological polar surface area (TPSA) is 110 Å². The minimum atomic E-state index is -0.614. The first-order chi connectivity index (χ1) is 9.00. The number of hydrogen-bond donors (Lipinski definition) is 2. The number of piperidine rings is 1. The molecule has 0 radical (unpaired) electrons. The highest BCUT2D eigenvalue weighted by Crippen LogP contribution is 2.26. The van der Waals surface area contributed by atoms with E-state index in [0.717, 1.165) is 0 Å². The molecule has 102 valence electrons. The zero-order valence-corrected chi connectivity index (χ0v) is 10.3. The Bertz CT molecular complexity index is 518. The minimum absolute atomic E-state index is 0.114. The number of β-amino-alcohol motifs (C(OH)–C–C–N with tert-alkyl or cyclic N) is 1. The number of nitrogen functional groups attached to an aromatic ring is 1. The molecule has 19 heavy (non-hydrogen) atoms. The molecule has 1 atom stereocenters. The lowest BCUT2D eigenvalue weighted by Gasteiger charge is -2.30. The maximum Gasteiger partial charge on any atom is 0.292 e. The molecule has 0 saturated carbocycles. The molecule has 0 bridgehead atoms. The lowest BCUT2D eigenvalue weighted by Crippen LogP contribution is -2.42. The molecule has 1 aromatic rings. The van der Waals surface area contributed by atoms with Gasteiger partial charge in [0.05, 0.1) is 16.6 Å². The number of hydrogen-bond acceptors (Lipinski definition) is 5. The second-order valence-corrected chi connectivity index (χ2v) is 4.54. The average Bonchev–Trinajstić information content (AvgIpc) is 2.38. The van der Waals surface area contributed by atoms with Crippen molar-refractivity contribution in [3.05, 3.63) is 33.9 Å². The van der Waals surface area contributed by atoms with Gasteiger partial charge in [-0.1, -0.05) is 6.07 Å². The second kappa shape index (κ2) is 5.23. The molecule has 7 heteroatoms. The Kier molecular flexibility index (Phi) is 3.66. The van der Waals surface area contributed by atoms with E-state index in [4.69, 9.17) is 5.73 Å². The lowest BCUT2D eigenvalue weighted by atomic mass is 10.1. The monoisotopic (exact) mass is 265 g/mol. The van der Waals surface area contributed by atoms with E-state index < -0.39 is 11.0 Å². The van der Waals surface area contributed by atoms with Crippen LogP contribution >= 0.6 is 0 Å². The van der Waals surface area contributed by atoms with Crippen LogP contribution in [0.25, 0.3) is 0 Å². The molecule has 2 rings (SSSR count). The second-order valence-electron chi connectivity index (χ2n) is 4.54. The van der Waals surface area contributed by atoms with Crippen LogP contribution in [0.3, 0.4) is 0 Å². The Balaban J connectivity index is 2.28. The summed E-state index contributed by atoms with van der Waals surface area (Å²) in [5.74, 6) is -0.375. The average molecular weight is 265 g/mol. The summed E-state index contributed by atoms with van der Waals surface area (Å²) in [5, 5.41) is 20.3. The van der Waals surface area contributed by atoms with Crippen LogP contribution in [0.2, 0.25) is 0 Å². The predicted octanol–water partition coefficient (Wildman–Crippen LogP) is 0.774. The lowest BCUT2D eigenvalue weighted by molar-refractivity contribution is -0.383. The summed E-state index contributed by atoms with van der Waals surface area (Å²) >= 11 is 0. The number of para-hydroxylation sites is 1. The highest BCUT2D eigenvalue weighted by atomic mass is 16.6. The summed E-state index contributed by atoms with van der Waals surface area (Å²) in [7, 11) is 0. The number of aliphatic hydroxyl groups excluding tert-OH is 1. The number of carbonyl (C=O) groups is 1. The Labute approximate surface area is 109 Å². The van der Waals surface area contributed by atoms with E-state index in [1.165, 1.54) is 23.1 Å². The molecule has 1 aliphatic heterocycles. The van der Waals surface area contributed by atoms with Gasteiger partial charge in [-0.15, -0.1) is 0 Å². The minimum Gasteiger partial charge on any atom is -0.393 e. The van der Waals surface area contributed by atoms with Crippen molar-refractivity contribution in [2.75, 3.05) is 18.8 Å². The number of nitrogens with two attached hydrogens (primary N) is 1. The van der Waals surface area contributed by atoms with Crippen molar-refractivity contribution in [2.24, 2.45) is 0 Å². The molecule has 0 aliphatic carbocycles. The van der Waals surface area contributed by atoms with Crippen molar-refractivity contribution >= 4 is 17.3 Å². The summed E-state index contributed by atoms with van der Waals surface area (Å²) in [6, 6.07) is 4.16. The van der Waals surface area contributed by atoms with Crippen molar-refractivity contribution in [1.82, 2.24) is 4.90 Å². The van der Waals surface area contributed by atoms with Crippen molar-refractivity contribution in [3.63, 3.8) is 0 Å². The molecule has 0 spiro atoms. The Morgan fingerprint density at radius 1 is 1.53 bits per heavy atom. The van der Waals surface area contributed by atoms with Crippen molar-refractivity contribution in [3.8, 4) is 0 Å². The van der Waals surface area contributed by atoms with Crippen molar-refractivity contribution in [1.29, 1.82) is 0 Å². The molecule has 1 heterocycles. The molecule has 1 amide bonds. The fourth-order valence-electron chi connectivity index (χ4n) is 2.21. The molecule has 3 N–H and O–H groups in total. The van der Waals surface area contributed by atoms with Crippen LogP contribution in [0.5, 0.6) is 0 Å². The molecule has 1 aromatic carbocycles. The van der Waals surface area contributed by atoms with E-state index in [0.29, 0.717) is 19.4 Å². The standard InChI is InChI=1S/C12H15N3O4/c13-11-9(4-1-5-10(11)15(18)19)12(17)14-6-2-3-8(16)7-14/h1,4-5,8,16H,2-3,6-7,13H2. The van der Waals surface area contributed by atoms with Gasteiger partial charge in [-0.3, -0.25) is 14.9 Å². The maximum absolute atomic E-state index is 12.3. The molecule has 1 aliphatic rings. The van der Waals surface area contributed by atoms with E-state index >= 15 is 0 Å². The number of nitrogens with zero attached hydrogens (tertiary/aromatic N) is 2. The SMILES string of the molecule is Nc1c(C(=O)N2CCCC(O)C2)cccc1[N+](=O)[O-]. The fourth-order valence-corrected chi connectivity index (χ4v) is 2.21. The molecule has 1 saturated heterocycles. The number of anilines is 1. The number of nitro groups is 1. The van der Waals surface area contributed by atoms with Gasteiger partial charge in [-0.05, 0) is 18.9 Å². The van der Waals surface area contributed by atoms with Crippen molar-refractivity contribution in [2.45, 2.75) is 18.9 Å². The molecular weight excluding hydrogens is 250 g/mol. The fraction of sp³-hybridized carbons (Fsp3) is 0.417. The molecular formula is C12H15N3O4. The molecule has 1 unspecified atom stereocenters. The number of likely N-dealkylation sites (tertiary alicyclic amines) is 1. The quantitative estimate of drug-likeness (QED) is 0.466. The molecule has 1 fully saturated rings. The van der Waals surface area contributed by atoms with Gasteiger partial charge in [0.2, 0.25) is 0 Å². The van der Waals surface area contributed by atoms with Crippen LogP contribution < -0.4 is 5.73 Å². The largest absolute Gasteiger partial charge is 0.393 e. The summed E-state index contributed by atoms with van der Waals surface area (Å²) in [4.78, 5) is 23.9. The smallest absolute Gasteiger partial charge is 0.292 e. The Morgan fingerprint density at radius 2 is 2.26 bits per heavy atom. The third-order valence-electron chi connectivity index (χ3n) is 3.19. The zero-order chi connectivity index (χ0) is 14.0. The number of rotatable bonds is 2. The first-order valence-corrected chi connectivity index (χ1v) is 6.01. The highest BCUT2D eigenvalue weighted by Gasteiger charge is 2.26. The third-order valence-corrected chi connectivity index (χ3v) is 3.19. The van der Waals surface area contributed by atoms with Crippen LogP contribution in [0, 0.1) is 10.1 Å². The normalized spacial score (nSPS) is 19.2. The van der Waals surface area contributed by atoms with Gasteiger partial charge in [-0.25, -0.2) is 0 Å². The van der Waals surface area contributed by atoms with E-state index in [2.05, 4.69) is 0 Å². The zero-order valence-electron chi connectivity index (χ0n) is 10.3. The molecule has 7 nitrogen and oxygen atoms in total. The highest BCUT2D eigenvalue weighted by molar-refractivity contribution is 6.01. The van der Waals surface area contributed by atoms with Crippen LogP contribution in [0.4, 0.5) is 11.4 Å². The van der Waals surface area contributed by atoms with E-state index in [9.17, 15) is 20.0 Å². The van der Waals surface area contributed by atoms with Gasteiger partial charge in [0.15, 0.2) is 0 Å². The van der Waals surface area contributed by atoms with Crippen LogP contribution in [0.15, 0.2) is 18.2 Å². The Morgan fingerprint density at radius 3 is 2.89 bits per heavy atom. The summed E-state index contributed by atoms with van der Waals surface area (Å²) in [6.07, 6.45) is 0.827.